The van der Waals surface area contributed by atoms with E-state index in [0.29, 0.717) is 30.7 Å². The van der Waals surface area contributed by atoms with Crippen molar-refractivity contribution >= 4 is 16.7 Å². The molecule has 0 bridgehead atoms. The standard InChI is InChI=1S/C28H28N6O2/c1-33-18-22(16-31-33)27-17-30-26(9-5-8-20-6-3-2-4-7-20)28(36)34(27)19-24(35)11-10-23-14-21-15-29-13-12-25(21)32-23/h2-4,6-7,12-18,32H,5,8-11,19H2,1H3. The van der Waals surface area contributed by atoms with Crippen LogP contribution in [-0.2, 0) is 37.6 Å². The molecule has 0 saturated carbocycles. The zero-order valence-electron chi connectivity index (χ0n) is 20.2. The van der Waals surface area contributed by atoms with Gasteiger partial charge in [-0.15, -0.1) is 0 Å². The first-order valence-corrected chi connectivity index (χ1v) is 12.1. The van der Waals surface area contributed by atoms with Gasteiger partial charge in [0.15, 0.2) is 5.78 Å². The summed E-state index contributed by atoms with van der Waals surface area (Å²) in [6.45, 7) is -0.000942. The van der Waals surface area contributed by atoms with Crippen molar-refractivity contribution < 1.29 is 4.79 Å². The van der Waals surface area contributed by atoms with Gasteiger partial charge in [-0.25, -0.2) is 0 Å². The van der Waals surface area contributed by atoms with Gasteiger partial charge in [0.05, 0.1) is 24.6 Å². The summed E-state index contributed by atoms with van der Waals surface area (Å²) in [5.41, 5.74) is 4.83. The molecular formula is C28H28N6O2. The molecule has 1 N–H and O–H groups in total. The van der Waals surface area contributed by atoms with E-state index in [4.69, 9.17) is 0 Å². The summed E-state index contributed by atoms with van der Waals surface area (Å²) in [4.78, 5) is 38.4. The molecule has 0 fully saturated rings. The summed E-state index contributed by atoms with van der Waals surface area (Å²) in [6.07, 6.45) is 11.9. The van der Waals surface area contributed by atoms with E-state index in [-0.39, 0.29) is 17.9 Å². The van der Waals surface area contributed by atoms with Crippen LogP contribution in [0.2, 0.25) is 0 Å². The third kappa shape index (κ3) is 5.33. The van der Waals surface area contributed by atoms with Crippen LogP contribution >= 0.6 is 0 Å². The van der Waals surface area contributed by atoms with Gasteiger partial charge >= 0.3 is 0 Å². The maximum atomic E-state index is 13.4. The van der Waals surface area contributed by atoms with Crippen molar-refractivity contribution in [3.05, 3.63) is 101 Å². The molecule has 5 rings (SSSR count). The largest absolute Gasteiger partial charge is 0.358 e. The average molecular weight is 481 g/mol. The Hall–Kier alpha value is -4.33. The molecule has 182 valence electrons. The maximum Gasteiger partial charge on any atom is 0.273 e. The first kappa shape index (κ1) is 23.4. The summed E-state index contributed by atoms with van der Waals surface area (Å²) < 4.78 is 3.23. The van der Waals surface area contributed by atoms with Crippen LogP contribution in [-0.4, -0.2) is 35.1 Å². The quantitative estimate of drug-likeness (QED) is 0.327. The van der Waals surface area contributed by atoms with Gasteiger partial charge < -0.3 is 4.98 Å². The fourth-order valence-electron chi connectivity index (χ4n) is 4.44. The minimum atomic E-state index is -0.213. The van der Waals surface area contributed by atoms with Crippen molar-refractivity contribution in [2.45, 2.75) is 38.6 Å². The van der Waals surface area contributed by atoms with E-state index in [0.717, 1.165) is 35.0 Å². The van der Waals surface area contributed by atoms with Gasteiger partial charge in [-0.2, -0.15) is 5.10 Å². The number of aromatic nitrogens is 6. The summed E-state index contributed by atoms with van der Waals surface area (Å²) in [6, 6.07) is 14.1. The molecule has 0 spiro atoms. The molecule has 5 aromatic rings. The number of carbonyl (C=O) groups excluding carboxylic acids is 1. The van der Waals surface area contributed by atoms with E-state index in [1.165, 1.54) is 5.56 Å². The highest BCUT2D eigenvalue weighted by Crippen LogP contribution is 2.18. The minimum absolute atomic E-state index is 0.000942. The monoisotopic (exact) mass is 480 g/mol. The second-order valence-corrected chi connectivity index (χ2v) is 9.02. The normalized spacial score (nSPS) is 11.2. The van der Waals surface area contributed by atoms with E-state index in [1.54, 1.807) is 34.0 Å². The molecular weight excluding hydrogens is 452 g/mol. The Morgan fingerprint density at radius 1 is 1.03 bits per heavy atom. The number of nitrogens with zero attached hydrogens (tertiary/aromatic N) is 5. The lowest BCUT2D eigenvalue weighted by atomic mass is 10.1. The predicted octanol–water partition coefficient (Wildman–Crippen LogP) is 3.90. The van der Waals surface area contributed by atoms with Gasteiger partial charge in [-0.1, -0.05) is 30.3 Å². The van der Waals surface area contributed by atoms with E-state index >= 15 is 0 Å². The SMILES string of the molecule is Cn1cc(-c2cnc(CCCc3ccccc3)c(=O)n2CC(=O)CCc2cc3cnccc3[nH]2)cn1. The third-order valence-corrected chi connectivity index (χ3v) is 6.33. The van der Waals surface area contributed by atoms with Crippen molar-refractivity contribution in [2.24, 2.45) is 7.05 Å². The Morgan fingerprint density at radius 2 is 1.89 bits per heavy atom. The van der Waals surface area contributed by atoms with Crippen LogP contribution in [0.3, 0.4) is 0 Å². The summed E-state index contributed by atoms with van der Waals surface area (Å²) in [5, 5.41) is 5.24. The van der Waals surface area contributed by atoms with Gasteiger partial charge in [-0.05, 0) is 43.4 Å². The molecule has 0 saturated heterocycles. The Morgan fingerprint density at radius 3 is 2.67 bits per heavy atom. The third-order valence-electron chi connectivity index (χ3n) is 6.33. The number of aromatic amines is 1. The number of aryl methyl sites for hydroxylation is 4. The molecule has 36 heavy (non-hydrogen) atoms. The fourth-order valence-corrected chi connectivity index (χ4v) is 4.44. The van der Waals surface area contributed by atoms with Crippen LogP contribution in [0.4, 0.5) is 0 Å². The number of pyridine rings is 1. The van der Waals surface area contributed by atoms with Gasteiger partial charge in [0, 0.05) is 54.2 Å². The fraction of sp³-hybridized carbons (Fsp3) is 0.250. The van der Waals surface area contributed by atoms with E-state index in [9.17, 15) is 9.59 Å². The smallest absolute Gasteiger partial charge is 0.273 e. The van der Waals surface area contributed by atoms with E-state index in [2.05, 4.69) is 32.2 Å². The Bertz CT molecular complexity index is 1510. The van der Waals surface area contributed by atoms with Gasteiger partial charge in [0.2, 0.25) is 0 Å². The molecule has 0 unspecified atom stereocenters. The van der Waals surface area contributed by atoms with Gasteiger partial charge in [0.25, 0.3) is 5.56 Å². The second-order valence-electron chi connectivity index (χ2n) is 9.02. The number of nitrogens with one attached hydrogen (secondary N) is 1. The number of Topliss-reactive ketones (excluding diaryl/α,β-unsaturated/α-hetero) is 1. The second kappa shape index (κ2) is 10.5. The van der Waals surface area contributed by atoms with Crippen molar-refractivity contribution in [3.63, 3.8) is 0 Å². The summed E-state index contributed by atoms with van der Waals surface area (Å²) in [5.74, 6) is -0.0135. The molecule has 0 aliphatic carbocycles. The topological polar surface area (TPSA) is 98.5 Å². The number of H-pyrrole nitrogens is 1. The molecule has 0 amide bonds. The van der Waals surface area contributed by atoms with E-state index < -0.39 is 0 Å². The summed E-state index contributed by atoms with van der Waals surface area (Å²) in [7, 11) is 1.82. The van der Waals surface area contributed by atoms with Crippen molar-refractivity contribution in [3.8, 4) is 11.3 Å². The minimum Gasteiger partial charge on any atom is -0.358 e. The first-order chi connectivity index (χ1) is 17.6. The van der Waals surface area contributed by atoms with Crippen LogP contribution < -0.4 is 5.56 Å². The number of carbonyl (C=O) groups is 1. The van der Waals surface area contributed by atoms with Crippen molar-refractivity contribution in [1.82, 2.24) is 29.3 Å². The number of hydrogen-bond acceptors (Lipinski definition) is 5. The zero-order valence-corrected chi connectivity index (χ0v) is 20.2. The molecule has 8 nitrogen and oxygen atoms in total. The Balaban J connectivity index is 1.33. The molecule has 1 aromatic carbocycles. The lowest BCUT2D eigenvalue weighted by Crippen LogP contribution is -2.29. The number of rotatable bonds is 10. The molecule has 0 aliphatic rings. The van der Waals surface area contributed by atoms with Gasteiger partial charge in [0.1, 0.15) is 5.69 Å². The molecule has 0 radical (unpaired) electrons. The molecule has 4 heterocycles. The maximum absolute atomic E-state index is 13.4. The van der Waals surface area contributed by atoms with E-state index in [1.807, 2.05) is 43.6 Å². The number of benzene rings is 1. The van der Waals surface area contributed by atoms with Crippen LogP contribution in [0.5, 0.6) is 0 Å². The van der Waals surface area contributed by atoms with Crippen molar-refractivity contribution in [2.75, 3.05) is 0 Å². The Labute approximate surface area is 208 Å². The van der Waals surface area contributed by atoms with Crippen LogP contribution in [0.15, 0.2) is 78.2 Å². The lowest BCUT2D eigenvalue weighted by Gasteiger charge is -2.13. The number of fused-ring (bicyclic) bond motifs is 1. The lowest BCUT2D eigenvalue weighted by molar-refractivity contribution is -0.119. The average Bonchev–Trinajstić information content (AvgIpc) is 3.51. The van der Waals surface area contributed by atoms with Crippen LogP contribution in [0.25, 0.3) is 22.2 Å². The molecule has 0 atom stereocenters. The molecule has 0 aliphatic heterocycles. The predicted molar refractivity (Wildman–Crippen MR) is 139 cm³/mol. The zero-order chi connectivity index (χ0) is 24.9. The number of ketones is 1. The highest BCUT2D eigenvalue weighted by Gasteiger charge is 2.16. The van der Waals surface area contributed by atoms with Crippen LogP contribution in [0, 0.1) is 0 Å². The number of hydrogen-bond donors (Lipinski definition) is 1. The first-order valence-electron chi connectivity index (χ1n) is 12.1. The van der Waals surface area contributed by atoms with Crippen molar-refractivity contribution in [1.29, 1.82) is 0 Å². The highest BCUT2D eigenvalue weighted by molar-refractivity contribution is 5.81. The van der Waals surface area contributed by atoms with Gasteiger partial charge in [-0.3, -0.25) is 28.8 Å². The molecule has 4 aromatic heterocycles. The summed E-state index contributed by atoms with van der Waals surface area (Å²) >= 11 is 0. The highest BCUT2D eigenvalue weighted by atomic mass is 16.1. The molecule has 8 heteroatoms. The Kier molecular flexibility index (Phi) is 6.84. The van der Waals surface area contributed by atoms with Crippen LogP contribution in [0.1, 0.15) is 29.8 Å².